The van der Waals surface area contributed by atoms with E-state index < -0.39 is 27.9 Å². The molecule has 1 atom stereocenters. The summed E-state index contributed by atoms with van der Waals surface area (Å²) in [5.41, 5.74) is 5.52. The third-order valence-corrected chi connectivity index (χ3v) is 6.45. The van der Waals surface area contributed by atoms with E-state index in [1.807, 2.05) is 0 Å². The van der Waals surface area contributed by atoms with Crippen LogP contribution in [-0.4, -0.2) is 43.8 Å². The summed E-state index contributed by atoms with van der Waals surface area (Å²) in [5, 5.41) is 0. The predicted molar refractivity (Wildman–Crippen MR) is 86.2 cm³/mol. The number of halogens is 1. The van der Waals surface area contributed by atoms with Crippen molar-refractivity contribution in [2.75, 3.05) is 13.2 Å². The minimum Gasteiger partial charge on any atom is -0.462 e. The smallest absolute Gasteiger partial charge is 0.338 e. The number of hydrogen-bond acceptors (Lipinski definition) is 5. The van der Waals surface area contributed by atoms with Gasteiger partial charge in [-0.05, 0) is 53.9 Å². The highest BCUT2D eigenvalue weighted by Gasteiger charge is 2.39. The van der Waals surface area contributed by atoms with E-state index in [1.54, 1.807) is 6.92 Å². The molecular formula is C14H17BrN2O5S. The van der Waals surface area contributed by atoms with Crippen LogP contribution in [0.15, 0.2) is 27.6 Å². The fourth-order valence-electron chi connectivity index (χ4n) is 2.49. The molecule has 0 saturated carbocycles. The number of hydrogen-bond donors (Lipinski definition) is 1. The largest absolute Gasteiger partial charge is 0.462 e. The molecule has 1 aliphatic heterocycles. The van der Waals surface area contributed by atoms with Crippen LogP contribution >= 0.6 is 15.9 Å². The molecule has 0 bridgehead atoms. The summed E-state index contributed by atoms with van der Waals surface area (Å²) in [6, 6.07) is 3.25. The molecular weight excluding hydrogens is 388 g/mol. The minimum atomic E-state index is -3.88. The fourth-order valence-corrected chi connectivity index (χ4v) is 5.19. The molecule has 0 spiro atoms. The average Bonchev–Trinajstić information content (AvgIpc) is 2.97. The first-order chi connectivity index (χ1) is 10.8. The number of primary amides is 1. The maximum atomic E-state index is 12.7. The van der Waals surface area contributed by atoms with E-state index in [1.165, 1.54) is 18.2 Å². The number of amides is 1. The van der Waals surface area contributed by atoms with Crippen LogP contribution in [0, 0.1) is 0 Å². The number of benzene rings is 1. The first-order valence-electron chi connectivity index (χ1n) is 7.07. The third kappa shape index (κ3) is 3.56. The summed E-state index contributed by atoms with van der Waals surface area (Å²) in [5.74, 6) is -1.20. The Morgan fingerprint density at radius 3 is 2.70 bits per heavy atom. The zero-order chi connectivity index (χ0) is 17.2. The number of nitrogens with two attached hydrogens (primary N) is 1. The van der Waals surface area contributed by atoms with Gasteiger partial charge in [-0.3, -0.25) is 4.79 Å². The molecule has 2 rings (SSSR count). The molecule has 23 heavy (non-hydrogen) atoms. The van der Waals surface area contributed by atoms with Gasteiger partial charge in [-0.2, -0.15) is 4.31 Å². The van der Waals surface area contributed by atoms with Gasteiger partial charge in [-0.15, -0.1) is 0 Å². The summed E-state index contributed by atoms with van der Waals surface area (Å²) in [4.78, 5) is 23.1. The molecule has 1 fully saturated rings. The number of carbonyl (C=O) groups excluding carboxylic acids is 2. The van der Waals surface area contributed by atoms with E-state index >= 15 is 0 Å². The van der Waals surface area contributed by atoms with Crippen molar-refractivity contribution in [1.29, 1.82) is 0 Å². The van der Waals surface area contributed by atoms with Crippen LogP contribution in [0.25, 0.3) is 0 Å². The third-order valence-electron chi connectivity index (χ3n) is 3.56. The highest BCUT2D eigenvalue weighted by atomic mass is 79.9. The topological polar surface area (TPSA) is 107 Å². The lowest BCUT2D eigenvalue weighted by Gasteiger charge is -2.22. The standard InChI is InChI=1S/C14H17BrN2O5S/c1-2-22-14(19)9-5-6-12(10(15)8-9)23(20,21)17-7-3-4-11(17)13(16)18/h5-6,8,11H,2-4,7H2,1H3,(H2,16,18). The summed E-state index contributed by atoms with van der Waals surface area (Å²) in [7, 11) is -3.88. The molecule has 1 amide bonds. The number of sulfonamides is 1. The predicted octanol–water partition coefficient (Wildman–Crippen LogP) is 1.26. The fraction of sp³-hybridized carbons (Fsp3) is 0.429. The number of carbonyl (C=O) groups is 2. The van der Waals surface area contributed by atoms with Crippen LogP contribution in [0.3, 0.4) is 0 Å². The summed E-state index contributed by atoms with van der Waals surface area (Å²) >= 11 is 3.18. The summed E-state index contributed by atoms with van der Waals surface area (Å²) in [6.45, 7) is 2.15. The molecule has 0 radical (unpaired) electrons. The minimum absolute atomic E-state index is 0.0151. The van der Waals surface area contributed by atoms with Gasteiger partial charge in [0.2, 0.25) is 15.9 Å². The zero-order valence-electron chi connectivity index (χ0n) is 12.5. The zero-order valence-corrected chi connectivity index (χ0v) is 14.9. The Hall–Kier alpha value is -1.45. The Balaban J connectivity index is 2.37. The molecule has 7 nitrogen and oxygen atoms in total. The average molecular weight is 405 g/mol. The van der Waals surface area contributed by atoms with E-state index in [9.17, 15) is 18.0 Å². The number of nitrogens with zero attached hydrogens (tertiary/aromatic N) is 1. The lowest BCUT2D eigenvalue weighted by molar-refractivity contribution is -0.121. The van der Waals surface area contributed by atoms with E-state index in [2.05, 4.69) is 15.9 Å². The molecule has 126 valence electrons. The van der Waals surface area contributed by atoms with E-state index in [4.69, 9.17) is 10.5 Å². The molecule has 0 aliphatic carbocycles. The van der Waals surface area contributed by atoms with Crippen molar-refractivity contribution in [3.8, 4) is 0 Å². The van der Waals surface area contributed by atoms with Crippen LogP contribution in [0.5, 0.6) is 0 Å². The van der Waals surface area contributed by atoms with Crippen LogP contribution in [-0.2, 0) is 19.6 Å². The van der Waals surface area contributed by atoms with Gasteiger partial charge in [0.25, 0.3) is 0 Å². The van der Waals surface area contributed by atoms with Gasteiger partial charge in [0.05, 0.1) is 17.1 Å². The second-order valence-electron chi connectivity index (χ2n) is 5.04. The Bertz CT molecular complexity index is 735. The van der Waals surface area contributed by atoms with Crippen LogP contribution < -0.4 is 5.73 Å². The van der Waals surface area contributed by atoms with Crippen molar-refractivity contribution < 1.29 is 22.7 Å². The van der Waals surface area contributed by atoms with Gasteiger partial charge in [0.15, 0.2) is 0 Å². The summed E-state index contributed by atoms with van der Waals surface area (Å²) in [6.07, 6.45) is 0.985. The van der Waals surface area contributed by atoms with E-state index in [0.717, 1.165) is 4.31 Å². The number of rotatable bonds is 5. The summed E-state index contributed by atoms with van der Waals surface area (Å²) < 4.78 is 31.7. The van der Waals surface area contributed by atoms with Crippen molar-refractivity contribution in [2.24, 2.45) is 5.73 Å². The van der Waals surface area contributed by atoms with E-state index in [0.29, 0.717) is 12.8 Å². The van der Waals surface area contributed by atoms with Crippen molar-refractivity contribution in [3.63, 3.8) is 0 Å². The Labute approximate surface area is 143 Å². The van der Waals surface area contributed by atoms with Gasteiger partial charge < -0.3 is 10.5 Å². The molecule has 1 aromatic carbocycles. The molecule has 1 unspecified atom stereocenters. The lowest BCUT2D eigenvalue weighted by Crippen LogP contribution is -2.43. The second kappa shape index (κ2) is 6.98. The SMILES string of the molecule is CCOC(=O)c1ccc(S(=O)(=O)N2CCCC2C(N)=O)c(Br)c1. The Kier molecular flexibility index (Phi) is 5.43. The quantitative estimate of drug-likeness (QED) is 0.743. The maximum Gasteiger partial charge on any atom is 0.338 e. The van der Waals surface area contributed by atoms with Gasteiger partial charge in [-0.1, -0.05) is 0 Å². The van der Waals surface area contributed by atoms with Gasteiger partial charge in [0.1, 0.15) is 6.04 Å². The molecule has 1 aliphatic rings. The molecule has 1 aromatic rings. The molecule has 1 heterocycles. The number of ether oxygens (including phenoxy) is 1. The molecule has 9 heteroatoms. The molecule has 1 saturated heterocycles. The van der Waals surface area contributed by atoms with Crippen molar-refractivity contribution >= 4 is 37.8 Å². The van der Waals surface area contributed by atoms with Gasteiger partial charge >= 0.3 is 5.97 Å². The maximum absolute atomic E-state index is 12.7. The van der Waals surface area contributed by atoms with Crippen molar-refractivity contribution in [1.82, 2.24) is 4.31 Å². The normalized spacial score (nSPS) is 18.8. The first-order valence-corrected chi connectivity index (χ1v) is 9.30. The van der Waals surface area contributed by atoms with Gasteiger partial charge in [-0.25, -0.2) is 13.2 Å². The number of esters is 1. The van der Waals surface area contributed by atoms with E-state index in [-0.39, 0.29) is 28.1 Å². The lowest BCUT2D eigenvalue weighted by atomic mass is 10.2. The molecule has 0 aromatic heterocycles. The monoisotopic (exact) mass is 404 g/mol. The van der Waals surface area contributed by atoms with Crippen molar-refractivity contribution in [2.45, 2.75) is 30.7 Å². The molecule has 2 N–H and O–H groups in total. The van der Waals surface area contributed by atoms with Gasteiger partial charge in [0, 0.05) is 11.0 Å². The van der Waals surface area contributed by atoms with Crippen molar-refractivity contribution in [3.05, 3.63) is 28.2 Å². The second-order valence-corrected chi connectivity index (χ2v) is 7.76. The Morgan fingerprint density at radius 2 is 2.13 bits per heavy atom. The Morgan fingerprint density at radius 1 is 1.43 bits per heavy atom. The highest BCUT2D eigenvalue weighted by Crippen LogP contribution is 2.31. The van der Waals surface area contributed by atoms with Crippen LogP contribution in [0.1, 0.15) is 30.1 Å². The highest BCUT2D eigenvalue weighted by molar-refractivity contribution is 9.10. The van der Waals surface area contributed by atoms with Crippen LogP contribution in [0.4, 0.5) is 0 Å². The van der Waals surface area contributed by atoms with Crippen LogP contribution in [0.2, 0.25) is 0 Å². The first kappa shape index (κ1) is 17.9.